The van der Waals surface area contributed by atoms with E-state index in [2.05, 4.69) is 35.8 Å². The van der Waals surface area contributed by atoms with Gasteiger partial charge in [0.15, 0.2) is 0 Å². The molecule has 0 aliphatic rings. The summed E-state index contributed by atoms with van der Waals surface area (Å²) in [7, 11) is 4.15. The van der Waals surface area contributed by atoms with Crippen LogP contribution in [0.25, 0.3) is 0 Å². The summed E-state index contributed by atoms with van der Waals surface area (Å²) in [4.78, 5) is 8.95. The number of hydrogen-bond donors (Lipinski definition) is 1. The van der Waals surface area contributed by atoms with E-state index in [1.54, 1.807) is 0 Å². The van der Waals surface area contributed by atoms with Crippen LogP contribution in [0.4, 0.5) is 11.5 Å². The van der Waals surface area contributed by atoms with Gasteiger partial charge in [-0.15, -0.1) is 0 Å². The van der Waals surface area contributed by atoms with Gasteiger partial charge >= 0.3 is 0 Å². The first-order valence-corrected chi connectivity index (χ1v) is 6.87. The summed E-state index contributed by atoms with van der Waals surface area (Å²) in [6, 6.07) is 3.83. The summed E-state index contributed by atoms with van der Waals surface area (Å²) < 4.78 is 5.46. The Kier molecular flexibility index (Phi) is 6.42. The van der Waals surface area contributed by atoms with Gasteiger partial charge in [-0.3, -0.25) is 0 Å². The lowest BCUT2D eigenvalue weighted by molar-refractivity contribution is 0.328. The van der Waals surface area contributed by atoms with Crippen LogP contribution >= 0.6 is 0 Å². The van der Waals surface area contributed by atoms with Gasteiger partial charge in [-0.2, -0.15) is 4.98 Å². The fourth-order valence-corrected chi connectivity index (χ4v) is 1.80. The predicted octanol–water partition coefficient (Wildman–Crippen LogP) is 1.84. The van der Waals surface area contributed by atoms with Gasteiger partial charge in [0.1, 0.15) is 5.82 Å². The van der Waals surface area contributed by atoms with Gasteiger partial charge in [-0.1, -0.05) is 6.92 Å². The van der Waals surface area contributed by atoms with E-state index in [1.165, 1.54) is 0 Å². The highest BCUT2D eigenvalue weighted by Gasteiger charge is 2.10. The van der Waals surface area contributed by atoms with Crippen molar-refractivity contribution < 1.29 is 4.74 Å². The van der Waals surface area contributed by atoms with E-state index in [-0.39, 0.29) is 0 Å². The van der Waals surface area contributed by atoms with Crippen LogP contribution in [0.15, 0.2) is 12.1 Å². The highest BCUT2D eigenvalue weighted by Crippen LogP contribution is 2.23. The van der Waals surface area contributed by atoms with Crippen molar-refractivity contribution in [3.8, 4) is 5.88 Å². The quantitative estimate of drug-likeness (QED) is 0.778. The monoisotopic (exact) mass is 266 g/mol. The summed E-state index contributed by atoms with van der Waals surface area (Å²) in [6.45, 7) is 7.61. The van der Waals surface area contributed by atoms with Crippen molar-refractivity contribution >= 4 is 11.5 Å². The van der Waals surface area contributed by atoms with E-state index in [1.807, 2.05) is 19.1 Å². The van der Waals surface area contributed by atoms with E-state index in [0.717, 1.165) is 31.9 Å². The second-order valence-corrected chi connectivity index (χ2v) is 4.79. The second kappa shape index (κ2) is 7.84. The van der Waals surface area contributed by atoms with Crippen LogP contribution in [0.2, 0.25) is 0 Å². The molecule has 0 radical (unpaired) electrons. The molecule has 108 valence electrons. The fourth-order valence-electron chi connectivity index (χ4n) is 1.80. The number of aromatic nitrogens is 1. The summed E-state index contributed by atoms with van der Waals surface area (Å²) in [6.07, 6.45) is 1.09. The first-order chi connectivity index (χ1) is 9.08. The highest BCUT2D eigenvalue weighted by molar-refractivity contribution is 5.54. The van der Waals surface area contributed by atoms with Crippen molar-refractivity contribution in [3.63, 3.8) is 0 Å². The van der Waals surface area contributed by atoms with Gasteiger partial charge in [0, 0.05) is 19.6 Å². The molecule has 5 heteroatoms. The minimum atomic E-state index is 0.533. The van der Waals surface area contributed by atoms with Crippen molar-refractivity contribution in [2.45, 2.75) is 20.3 Å². The number of anilines is 2. The van der Waals surface area contributed by atoms with Gasteiger partial charge in [-0.05, 0) is 39.6 Å². The van der Waals surface area contributed by atoms with Gasteiger partial charge in [0.25, 0.3) is 0 Å². The lowest BCUT2D eigenvalue weighted by Crippen LogP contribution is -2.33. The lowest BCUT2D eigenvalue weighted by atomic mass is 10.3. The fraction of sp³-hybridized carbons (Fsp3) is 0.643. The molecule has 0 aliphatic heterocycles. The molecular formula is C14H26N4O. The predicted molar refractivity (Wildman–Crippen MR) is 80.9 cm³/mol. The van der Waals surface area contributed by atoms with Crippen LogP contribution in [0.5, 0.6) is 5.88 Å². The molecule has 0 saturated carbocycles. The standard InChI is InChI=1S/C14H26N4O/c1-5-9-18(11-10-17(3)4)13-8-7-12(15)14(16-13)19-6-2/h7-8H,5-6,9-11,15H2,1-4H3. The number of hydrogen-bond acceptors (Lipinski definition) is 5. The molecule has 0 aliphatic carbocycles. The Hall–Kier alpha value is -1.49. The molecule has 0 spiro atoms. The van der Waals surface area contributed by atoms with E-state index < -0.39 is 0 Å². The van der Waals surface area contributed by atoms with Crippen molar-refractivity contribution in [2.75, 3.05) is 51.0 Å². The summed E-state index contributed by atoms with van der Waals surface area (Å²) in [5.74, 6) is 1.47. The third-order valence-electron chi connectivity index (χ3n) is 2.79. The van der Waals surface area contributed by atoms with Crippen molar-refractivity contribution in [3.05, 3.63) is 12.1 Å². The van der Waals surface area contributed by atoms with Crippen molar-refractivity contribution in [1.82, 2.24) is 9.88 Å². The van der Waals surface area contributed by atoms with Crippen molar-refractivity contribution in [2.24, 2.45) is 0 Å². The summed E-state index contributed by atoms with van der Waals surface area (Å²) >= 11 is 0. The Morgan fingerprint density at radius 2 is 1.89 bits per heavy atom. The molecule has 1 aromatic heterocycles. The number of nitrogens with two attached hydrogens (primary N) is 1. The maximum Gasteiger partial charge on any atom is 0.239 e. The lowest BCUT2D eigenvalue weighted by Gasteiger charge is -2.25. The third-order valence-corrected chi connectivity index (χ3v) is 2.79. The van der Waals surface area contributed by atoms with Crippen LogP contribution in [-0.4, -0.2) is 50.2 Å². The molecule has 0 saturated heterocycles. The van der Waals surface area contributed by atoms with Gasteiger partial charge in [-0.25, -0.2) is 0 Å². The normalized spacial score (nSPS) is 10.8. The largest absolute Gasteiger partial charge is 0.476 e. The summed E-state index contributed by atoms with van der Waals surface area (Å²) in [5, 5.41) is 0. The molecule has 0 fully saturated rings. The molecule has 0 atom stereocenters. The van der Waals surface area contributed by atoms with Gasteiger partial charge < -0.3 is 20.3 Å². The van der Waals surface area contributed by atoms with Crippen LogP contribution < -0.4 is 15.4 Å². The summed E-state index contributed by atoms with van der Waals surface area (Å²) in [5.41, 5.74) is 6.45. The van der Waals surface area contributed by atoms with Gasteiger partial charge in [0.2, 0.25) is 5.88 Å². The molecule has 0 aromatic carbocycles. The van der Waals surface area contributed by atoms with Crippen LogP contribution in [0.1, 0.15) is 20.3 Å². The Labute approximate surface area is 116 Å². The number of pyridine rings is 1. The topological polar surface area (TPSA) is 54.6 Å². The minimum absolute atomic E-state index is 0.533. The van der Waals surface area contributed by atoms with Crippen LogP contribution in [0.3, 0.4) is 0 Å². The average molecular weight is 266 g/mol. The van der Waals surface area contributed by atoms with E-state index in [0.29, 0.717) is 18.2 Å². The Morgan fingerprint density at radius 1 is 1.16 bits per heavy atom. The van der Waals surface area contributed by atoms with Crippen LogP contribution in [0, 0.1) is 0 Å². The Balaban J connectivity index is 2.85. The SMILES string of the molecule is CCCN(CCN(C)C)c1ccc(N)c(OCC)n1. The smallest absolute Gasteiger partial charge is 0.239 e. The third kappa shape index (κ3) is 4.95. The second-order valence-electron chi connectivity index (χ2n) is 4.79. The average Bonchev–Trinajstić information content (AvgIpc) is 2.37. The first kappa shape index (κ1) is 15.6. The minimum Gasteiger partial charge on any atom is -0.476 e. The van der Waals surface area contributed by atoms with E-state index >= 15 is 0 Å². The van der Waals surface area contributed by atoms with E-state index in [9.17, 15) is 0 Å². The molecule has 2 N–H and O–H groups in total. The molecule has 19 heavy (non-hydrogen) atoms. The maximum absolute atomic E-state index is 5.86. The Morgan fingerprint density at radius 3 is 2.47 bits per heavy atom. The number of ether oxygens (including phenoxy) is 1. The molecule has 5 nitrogen and oxygen atoms in total. The zero-order chi connectivity index (χ0) is 14.3. The molecule has 0 bridgehead atoms. The number of nitrogen functional groups attached to an aromatic ring is 1. The van der Waals surface area contributed by atoms with Gasteiger partial charge in [0.05, 0.1) is 12.3 Å². The number of nitrogens with zero attached hydrogens (tertiary/aromatic N) is 3. The molecule has 1 rings (SSSR count). The number of likely N-dealkylation sites (N-methyl/N-ethyl adjacent to an activating group) is 1. The zero-order valence-electron chi connectivity index (χ0n) is 12.5. The molecule has 0 unspecified atom stereocenters. The first-order valence-electron chi connectivity index (χ1n) is 6.87. The van der Waals surface area contributed by atoms with Crippen molar-refractivity contribution in [1.29, 1.82) is 0 Å². The molecule has 1 aromatic rings. The molecule has 0 amide bonds. The molecular weight excluding hydrogens is 240 g/mol. The maximum atomic E-state index is 5.86. The van der Waals surface area contributed by atoms with Crippen LogP contribution in [-0.2, 0) is 0 Å². The van der Waals surface area contributed by atoms with E-state index in [4.69, 9.17) is 10.5 Å². The molecule has 1 heterocycles. The highest BCUT2D eigenvalue weighted by atomic mass is 16.5. The zero-order valence-corrected chi connectivity index (χ0v) is 12.5. The number of rotatable bonds is 8. The Bertz CT molecular complexity index is 382.